The molecule has 1 atom stereocenters. The third kappa shape index (κ3) is 3.72. The van der Waals surface area contributed by atoms with Crippen molar-refractivity contribution in [1.82, 2.24) is 5.06 Å². The maximum Gasteiger partial charge on any atom is 0.405 e. The van der Waals surface area contributed by atoms with E-state index in [1.807, 2.05) is 0 Å². The maximum atomic E-state index is 11.1. The molecule has 13 heavy (non-hydrogen) atoms. The predicted octanol–water partition coefficient (Wildman–Crippen LogP) is -1.54. The third-order valence-electron chi connectivity index (χ3n) is 1.28. The van der Waals surface area contributed by atoms with Crippen molar-refractivity contribution >= 4 is 12.0 Å². The lowest BCUT2D eigenvalue weighted by atomic mass is 10.3. The lowest BCUT2D eigenvalue weighted by Gasteiger charge is -2.19. The minimum absolute atomic E-state index is 0.643. The summed E-state index contributed by atoms with van der Waals surface area (Å²) < 4.78 is 4.30. The van der Waals surface area contributed by atoms with Crippen LogP contribution in [0.4, 0.5) is 4.79 Å². The van der Waals surface area contributed by atoms with Crippen LogP contribution in [0.5, 0.6) is 0 Å². The second-order valence-corrected chi connectivity index (χ2v) is 2.13. The monoisotopic (exact) mass is 192 g/mol. The van der Waals surface area contributed by atoms with Crippen molar-refractivity contribution in [3.8, 4) is 0 Å². The molecule has 0 rings (SSSR count). The number of aliphatic hydroxyl groups is 1. The maximum absolute atomic E-state index is 11.1. The van der Waals surface area contributed by atoms with E-state index in [1.165, 1.54) is 14.2 Å². The first kappa shape index (κ1) is 11.7. The van der Waals surface area contributed by atoms with Crippen molar-refractivity contribution in [2.45, 2.75) is 6.10 Å². The SMILES string of the molecule is CON(C)C(=O)C(CO)OC(N)=O. The van der Waals surface area contributed by atoms with Crippen LogP contribution in [0.1, 0.15) is 0 Å². The predicted molar refractivity (Wildman–Crippen MR) is 41.3 cm³/mol. The fraction of sp³-hybridized carbons (Fsp3) is 0.667. The molecule has 0 saturated heterocycles. The molecule has 0 radical (unpaired) electrons. The van der Waals surface area contributed by atoms with E-state index in [1.54, 1.807) is 0 Å². The van der Waals surface area contributed by atoms with Gasteiger partial charge < -0.3 is 15.6 Å². The van der Waals surface area contributed by atoms with Gasteiger partial charge in [-0.15, -0.1) is 0 Å². The number of hydroxylamine groups is 2. The van der Waals surface area contributed by atoms with E-state index in [-0.39, 0.29) is 0 Å². The first-order valence-corrected chi connectivity index (χ1v) is 3.41. The summed E-state index contributed by atoms with van der Waals surface area (Å²) in [6.45, 7) is -0.643. The van der Waals surface area contributed by atoms with Crippen molar-refractivity contribution in [3.63, 3.8) is 0 Å². The Bertz CT molecular complexity index is 195. The van der Waals surface area contributed by atoms with Crippen LogP contribution in [0.3, 0.4) is 0 Å². The number of rotatable bonds is 4. The number of carbonyl (C=O) groups is 2. The van der Waals surface area contributed by atoms with Gasteiger partial charge in [0.2, 0.25) is 6.10 Å². The molecule has 0 aromatic carbocycles. The van der Waals surface area contributed by atoms with E-state index in [4.69, 9.17) is 5.11 Å². The largest absolute Gasteiger partial charge is 0.434 e. The van der Waals surface area contributed by atoms with Gasteiger partial charge in [-0.3, -0.25) is 9.63 Å². The van der Waals surface area contributed by atoms with Crippen LogP contribution < -0.4 is 5.73 Å². The standard InChI is InChI=1S/C6H12N2O5/c1-8(12-2)5(10)4(3-9)13-6(7)11/h4,9H,3H2,1-2H3,(H2,7,11). The number of hydrogen-bond acceptors (Lipinski definition) is 5. The molecule has 0 fully saturated rings. The number of primary amides is 1. The lowest BCUT2D eigenvalue weighted by Crippen LogP contribution is -2.41. The zero-order valence-corrected chi connectivity index (χ0v) is 7.39. The average Bonchev–Trinajstić information content (AvgIpc) is 2.11. The first-order chi connectivity index (χ1) is 6.02. The summed E-state index contributed by atoms with van der Waals surface area (Å²) in [6, 6.07) is 0. The topological polar surface area (TPSA) is 102 Å². The van der Waals surface area contributed by atoms with Gasteiger partial charge in [-0.05, 0) is 0 Å². The van der Waals surface area contributed by atoms with Gasteiger partial charge >= 0.3 is 6.09 Å². The Morgan fingerprint density at radius 1 is 1.62 bits per heavy atom. The number of hydrogen-bond donors (Lipinski definition) is 2. The lowest BCUT2D eigenvalue weighted by molar-refractivity contribution is -0.179. The summed E-state index contributed by atoms with van der Waals surface area (Å²) in [6.07, 6.45) is -2.45. The van der Waals surface area contributed by atoms with Gasteiger partial charge in [0.05, 0.1) is 13.7 Å². The zero-order valence-electron chi connectivity index (χ0n) is 7.39. The summed E-state index contributed by atoms with van der Waals surface area (Å²) in [4.78, 5) is 25.9. The van der Waals surface area contributed by atoms with Crippen molar-refractivity contribution < 1.29 is 24.3 Å². The van der Waals surface area contributed by atoms with Gasteiger partial charge in [-0.2, -0.15) is 0 Å². The zero-order chi connectivity index (χ0) is 10.4. The highest BCUT2D eigenvalue weighted by Gasteiger charge is 2.24. The Balaban J connectivity index is 4.22. The number of nitrogens with two attached hydrogens (primary N) is 1. The van der Waals surface area contributed by atoms with E-state index in [2.05, 4.69) is 15.3 Å². The fourth-order valence-electron chi connectivity index (χ4n) is 0.599. The molecule has 1 unspecified atom stereocenters. The van der Waals surface area contributed by atoms with Crippen molar-refractivity contribution in [3.05, 3.63) is 0 Å². The van der Waals surface area contributed by atoms with Crippen molar-refractivity contribution in [2.75, 3.05) is 20.8 Å². The highest BCUT2D eigenvalue weighted by atomic mass is 16.7. The molecule has 0 aliphatic rings. The number of likely N-dealkylation sites (N-methyl/N-ethyl adjacent to an activating group) is 1. The third-order valence-corrected chi connectivity index (χ3v) is 1.28. The van der Waals surface area contributed by atoms with Crippen molar-refractivity contribution in [2.24, 2.45) is 5.73 Å². The van der Waals surface area contributed by atoms with Crippen LogP contribution in [0.2, 0.25) is 0 Å². The molecule has 2 amide bonds. The number of nitrogens with zero attached hydrogens (tertiary/aromatic N) is 1. The molecule has 0 aliphatic heterocycles. The van der Waals surface area contributed by atoms with Crippen LogP contribution in [0.25, 0.3) is 0 Å². The minimum atomic E-state index is -1.32. The Morgan fingerprint density at radius 3 is 2.46 bits per heavy atom. The minimum Gasteiger partial charge on any atom is -0.434 e. The molecule has 7 heteroatoms. The molecule has 0 heterocycles. The van der Waals surface area contributed by atoms with E-state index in [9.17, 15) is 9.59 Å². The molecular weight excluding hydrogens is 180 g/mol. The summed E-state index contributed by atoms with van der Waals surface area (Å²) in [7, 11) is 2.58. The highest BCUT2D eigenvalue weighted by molar-refractivity contribution is 5.82. The van der Waals surface area contributed by atoms with Gasteiger partial charge in [0, 0.05) is 7.05 Å². The Hall–Kier alpha value is -1.34. The number of ether oxygens (including phenoxy) is 1. The summed E-state index contributed by atoms with van der Waals surface area (Å²) in [5.41, 5.74) is 4.66. The van der Waals surface area contributed by atoms with Crippen LogP contribution in [0.15, 0.2) is 0 Å². The van der Waals surface area contributed by atoms with Crippen LogP contribution >= 0.6 is 0 Å². The molecule has 7 nitrogen and oxygen atoms in total. The molecule has 76 valence electrons. The summed E-state index contributed by atoms with van der Waals surface area (Å²) in [5.74, 6) is -0.691. The second kappa shape index (κ2) is 5.33. The normalized spacial score (nSPS) is 11.9. The average molecular weight is 192 g/mol. The van der Waals surface area contributed by atoms with Crippen LogP contribution in [0, 0.1) is 0 Å². The summed E-state index contributed by atoms with van der Waals surface area (Å²) in [5, 5.41) is 9.48. The Morgan fingerprint density at radius 2 is 2.15 bits per heavy atom. The number of amides is 2. The van der Waals surface area contributed by atoms with E-state index >= 15 is 0 Å². The molecule has 0 saturated carbocycles. The molecular formula is C6H12N2O5. The smallest absolute Gasteiger partial charge is 0.405 e. The van der Waals surface area contributed by atoms with Crippen LogP contribution in [-0.4, -0.2) is 49.0 Å². The van der Waals surface area contributed by atoms with Gasteiger partial charge in [-0.25, -0.2) is 9.86 Å². The van der Waals surface area contributed by atoms with Crippen molar-refractivity contribution in [1.29, 1.82) is 0 Å². The molecule has 3 N–H and O–H groups in total. The number of aliphatic hydroxyl groups excluding tert-OH is 1. The summed E-state index contributed by atoms with van der Waals surface area (Å²) >= 11 is 0. The molecule has 0 spiro atoms. The van der Waals surface area contributed by atoms with E-state index in [0.29, 0.717) is 0 Å². The van der Waals surface area contributed by atoms with Crippen LogP contribution in [-0.2, 0) is 14.4 Å². The van der Waals surface area contributed by atoms with Gasteiger partial charge in [0.1, 0.15) is 0 Å². The van der Waals surface area contributed by atoms with Gasteiger partial charge in [0.15, 0.2) is 0 Å². The molecule has 0 aromatic heterocycles. The molecule has 0 aliphatic carbocycles. The Kier molecular flexibility index (Phi) is 4.78. The van der Waals surface area contributed by atoms with E-state index in [0.717, 1.165) is 5.06 Å². The number of carbonyl (C=O) groups excluding carboxylic acids is 2. The van der Waals surface area contributed by atoms with E-state index < -0.39 is 24.7 Å². The van der Waals surface area contributed by atoms with Gasteiger partial charge in [-0.1, -0.05) is 0 Å². The Labute approximate surface area is 75.0 Å². The fourth-order valence-corrected chi connectivity index (χ4v) is 0.599. The quantitative estimate of drug-likeness (QED) is 0.525. The second-order valence-electron chi connectivity index (χ2n) is 2.13. The molecule has 0 bridgehead atoms. The molecule has 0 aromatic rings. The highest BCUT2D eigenvalue weighted by Crippen LogP contribution is 1.97. The van der Waals surface area contributed by atoms with Gasteiger partial charge in [0.25, 0.3) is 5.91 Å². The first-order valence-electron chi connectivity index (χ1n) is 3.41.